The van der Waals surface area contributed by atoms with Gasteiger partial charge in [-0.2, -0.15) is 0 Å². The number of carbonyl (C=O) groups is 2. The van der Waals surface area contributed by atoms with Crippen LogP contribution in [0.3, 0.4) is 0 Å². The van der Waals surface area contributed by atoms with Crippen LogP contribution in [0.15, 0.2) is 54.6 Å². The Morgan fingerprint density at radius 2 is 1.86 bits per heavy atom. The van der Waals surface area contributed by atoms with Crippen molar-refractivity contribution in [2.45, 2.75) is 13.8 Å². The van der Waals surface area contributed by atoms with Crippen molar-refractivity contribution < 1.29 is 9.59 Å². The molecule has 7 nitrogen and oxygen atoms in total. The van der Waals surface area contributed by atoms with Crippen molar-refractivity contribution in [3.05, 3.63) is 71.4 Å². The first-order valence-electron chi connectivity index (χ1n) is 9.12. The molecule has 2 heterocycles. The molecule has 0 unspecified atom stereocenters. The summed E-state index contributed by atoms with van der Waals surface area (Å²) in [4.78, 5) is 26.1. The van der Waals surface area contributed by atoms with Crippen LogP contribution in [0.2, 0.25) is 0 Å². The molecule has 0 atom stereocenters. The lowest BCUT2D eigenvalue weighted by atomic mass is 10.1. The van der Waals surface area contributed by atoms with E-state index in [0.29, 0.717) is 30.2 Å². The number of aromatic nitrogens is 2. The second kappa shape index (κ2) is 7.19. The van der Waals surface area contributed by atoms with Crippen molar-refractivity contribution in [1.29, 1.82) is 0 Å². The summed E-state index contributed by atoms with van der Waals surface area (Å²) in [6, 6.07) is 16.7. The molecule has 2 aromatic carbocycles. The molecular formula is C21H21N5O2. The smallest absolute Gasteiger partial charge is 0.321 e. The maximum Gasteiger partial charge on any atom is 0.321 e. The maximum atomic E-state index is 12.7. The molecule has 1 saturated heterocycles. The van der Waals surface area contributed by atoms with Gasteiger partial charge in [0.15, 0.2) is 5.82 Å². The fraction of sp³-hybridized carbons (Fsp3) is 0.190. The van der Waals surface area contributed by atoms with Crippen molar-refractivity contribution in [2.75, 3.05) is 23.3 Å². The van der Waals surface area contributed by atoms with Crippen LogP contribution >= 0.6 is 0 Å². The monoisotopic (exact) mass is 375 g/mol. The Morgan fingerprint density at radius 3 is 2.57 bits per heavy atom. The molecule has 7 heteroatoms. The van der Waals surface area contributed by atoms with Gasteiger partial charge < -0.3 is 10.6 Å². The minimum absolute atomic E-state index is 0.148. The third-order valence-corrected chi connectivity index (χ3v) is 4.68. The van der Waals surface area contributed by atoms with E-state index in [1.54, 1.807) is 27.8 Å². The van der Waals surface area contributed by atoms with Crippen molar-refractivity contribution in [1.82, 2.24) is 15.1 Å². The van der Waals surface area contributed by atoms with Gasteiger partial charge in [0.25, 0.3) is 5.91 Å². The summed E-state index contributed by atoms with van der Waals surface area (Å²) in [6.45, 7) is 5.16. The topological polar surface area (TPSA) is 79.3 Å². The summed E-state index contributed by atoms with van der Waals surface area (Å²) >= 11 is 0. The van der Waals surface area contributed by atoms with E-state index in [2.05, 4.69) is 15.7 Å². The van der Waals surface area contributed by atoms with Crippen LogP contribution in [-0.2, 0) is 0 Å². The summed E-state index contributed by atoms with van der Waals surface area (Å²) in [7, 11) is 0. The molecule has 1 aliphatic heterocycles. The second-order valence-electron chi connectivity index (χ2n) is 6.81. The van der Waals surface area contributed by atoms with E-state index < -0.39 is 0 Å². The number of nitrogens with zero attached hydrogens (tertiary/aromatic N) is 3. The summed E-state index contributed by atoms with van der Waals surface area (Å²) in [5.74, 6) is 0.211. The number of urea groups is 1. The summed E-state index contributed by atoms with van der Waals surface area (Å²) in [6.07, 6.45) is 0. The first-order valence-corrected chi connectivity index (χ1v) is 9.12. The molecule has 1 fully saturated rings. The summed E-state index contributed by atoms with van der Waals surface area (Å²) in [5, 5.41) is 10.1. The predicted octanol–water partition coefficient (Wildman–Crippen LogP) is 3.27. The first kappa shape index (κ1) is 17.8. The predicted molar refractivity (Wildman–Crippen MR) is 108 cm³/mol. The average Bonchev–Trinajstić information content (AvgIpc) is 3.28. The molecule has 1 aliphatic rings. The van der Waals surface area contributed by atoms with Crippen LogP contribution in [0, 0.1) is 13.8 Å². The highest BCUT2D eigenvalue weighted by atomic mass is 16.2. The van der Waals surface area contributed by atoms with E-state index in [-0.39, 0.29) is 11.9 Å². The number of hydrogen-bond donors (Lipinski definition) is 2. The number of benzene rings is 2. The van der Waals surface area contributed by atoms with E-state index in [4.69, 9.17) is 0 Å². The molecule has 0 aliphatic carbocycles. The Morgan fingerprint density at radius 1 is 1.07 bits per heavy atom. The Bertz CT molecular complexity index is 1040. The Kier molecular flexibility index (Phi) is 4.57. The highest BCUT2D eigenvalue weighted by Gasteiger charge is 2.22. The van der Waals surface area contributed by atoms with Gasteiger partial charge in [-0.1, -0.05) is 23.8 Å². The number of aryl methyl sites for hydroxylation is 2. The van der Waals surface area contributed by atoms with Gasteiger partial charge in [0, 0.05) is 36.1 Å². The van der Waals surface area contributed by atoms with Crippen LogP contribution in [0.25, 0.3) is 5.69 Å². The number of rotatable bonds is 4. The molecule has 0 saturated carbocycles. The Balaban J connectivity index is 1.53. The fourth-order valence-electron chi connectivity index (χ4n) is 3.20. The molecule has 28 heavy (non-hydrogen) atoms. The molecule has 142 valence electrons. The van der Waals surface area contributed by atoms with Gasteiger partial charge in [-0.15, -0.1) is 5.10 Å². The molecular weight excluding hydrogens is 354 g/mol. The fourth-order valence-corrected chi connectivity index (χ4v) is 3.20. The molecule has 0 radical (unpaired) electrons. The molecule has 0 spiro atoms. The van der Waals surface area contributed by atoms with Crippen LogP contribution in [0.1, 0.15) is 21.6 Å². The third kappa shape index (κ3) is 3.46. The lowest BCUT2D eigenvalue weighted by Crippen LogP contribution is -2.27. The van der Waals surface area contributed by atoms with Gasteiger partial charge in [-0.05, 0) is 44.2 Å². The molecule has 0 bridgehead atoms. The van der Waals surface area contributed by atoms with E-state index >= 15 is 0 Å². The van der Waals surface area contributed by atoms with Crippen LogP contribution < -0.4 is 15.5 Å². The summed E-state index contributed by atoms with van der Waals surface area (Å²) in [5.41, 5.74) is 4.20. The normalized spacial score (nSPS) is 13.5. The van der Waals surface area contributed by atoms with Crippen LogP contribution in [0.4, 0.5) is 16.3 Å². The number of nitrogens with one attached hydrogen (secondary N) is 2. The van der Waals surface area contributed by atoms with Crippen molar-refractivity contribution >= 4 is 23.4 Å². The van der Waals surface area contributed by atoms with E-state index in [9.17, 15) is 9.59 Å². The van der Waals surface area contributed by atoms with Gasteiger partial charge in [-0.3, -0.25) is 9.69 Å². The zero-order valence-corrected chi connectivity index (χ0v) is 15.8. The quantitative estimate of drug-likeness (QED) is 0.735. The third-order valence-electron chi connectivity index (χ3n) is 4.68. The minimum Gasteiger partial charge on any atom is -0.336 e. The number of hydrogen-bond acceptors (Lipinski definition) is 3. The summed E-state index contributed by atoms with van der Waals surface area (Å²) < 4.78 is 1.79. The van der Waals surface area contributed by atoms with Gasteiger partial charge in [0.1, 0.15) is 0 Å². The largest absolute Gasteiger partial charge is 0.336 e. The van der Waals surface area contributed by atoms with Crippen molar-refractivity contribution in [2.24, 2.45) is 0 Å². The van der Waals surface area contributed by atoms with Crippen molar-refractivity contribution in [3.63, 3.8) is 0 Å². The van der Waals surface area contributed by atoms with E-state index in [1.165, 1.54) is 5.56 Å². The average molecular weight is 375 g/mol. The van der Waals surface area contributed by atoms with Crippen molar-refractivity contribution in [3.8, 4) is 5.69 Å². The number of carbonyl (C=O) groups excluding carboxylic acids is 2. The second-order valence-corrected chi connectivity index (χ2v) is 6.81. The van der Waals surface area contributed by atoms with Gasteiger partial charge in [-0.25, -0.2) is 9.48 Å². The highest BCUT2D eigenvalue weighted by Crippen LogP contribution is 2.20. The van der Waals surface area contributed by atoms with E-state index in [0.717, 1.165) is 11.4 Å². The van der Waals surface area contributed by atoms with Crippen LogP contribution in [-0.4, -0.2) is 34.8 Å². The minimum atomic E-state index is -0.269. The lowest BCUT2D eigenvalue weighted by Gasteiger charge is -2.15. The number of anilines is 2. The zero-order chi connectivity index (χ0) is 19.7. The van der Waals surface area contributed by atoms with Gasteiger partial charge >= 0.3 is 6.03 Å². The molecule has 4 rings (SSSR count). The zero-order valence-electron chi connectivity index (χ0n) is 15.8. The standard InChI is InChI=1S/C21H21N5O2/c1-14-6-8-17(9-7-14)26-15(2)12-19(24-26)23-20(27)16-4-3-5-18(13-16)25-11-10-22-21(25)28/h3-9,12-13H,10-11H2,1-2H3,(H,22,28)(H,23,24,27). The Hall–Kier alpha value is -3.61. The lowest BCUT2D eigenvalue weighted by molar-refractivity contribution is 0.102. The van der Waals surface area contributed by atoms with Gasteiger partial charge in [0.2, 0.25) is 0 Å². The molecule has 3 aromatic rings. The molecule has 2 N–H and O–H groups in total. The Labute approximate surface area is 163 Å². The maximum absolute atomic E-state index is 12.7. The molecule has 1 aromatic heterocycles. The van der Waals surface area contributed by atoms with Crippen LogP contribution in [0.5, 0.6) is 0 Å². The van der Waals surface area contributed by atoms with Gasteiger partial charge in [0.05, 0.1) is 5.69 Å². The highest BCUT2D eigenvalue weighted by molar-refractivity contribution is 6.05. The number of amides is 3. The molecule has 3 amide bonds. The first-order chi connectivity index (χ1) is 13.5. The van der Waals surface area contributed by atoms with E-state index in [1.807, 2.05) is 50.2 Å². The SMILES string of the molecule is Cc1ccc(-n2nc(NC(=O)c3cccc(N4CCNC4=O)c3)cc2C)cc1.